The molecule has 2 rings (SSSR count). The van der Waals surface area contributed by atoms with Crippen LogP contribution in [0.5, 0.6) is 0 Å². The van der Waals surface area contributed by atoms with E-state index in [1.54, 1.807) is 0 Å². The molecule has 0 unspecified atom stereocenters. The maximum atomic E-state index is 5.52. The first-order valence-corrected chi connectivity index (χ1v) is 4.07. The summed E-state index contributed by atoms with van der Waals surface area (Å²) in [4.78, 5) is 0. The van der Waals surface area contributed by atoms with Crippen molar-refractivity contribution in [3.63, 3.8) is 0 Å². The maximum Gasteiger partial charge on any atom is 0.122 e. The minimum Gasteiger partial charge on any atom is -0.489 e. The molecule has 0 aromatic heterocycles. The van der Waals surface area contributed by atoms with Gasteiger partial charge in [-0.3, -0.25) is 0 Å². The molecule has 0 N–H and O–H groups in total. The molecule has 0 aromatic carbocycles. The smallest absolute Gasteiger partial charge is 0.122 e. The highest BCUT2D eigenvalue weighted by Gasteiger charge is 2.12. The first-order valence-electron chi connectivity index (χ1n) is 4.07. The van der Waals surface area contributed by atoms with Gasteiger partial charge in [0, 0.05) is 5.57 Å². The van der Waals surface area contributed by atoms with Gasteiger partial charge in [0.25, 0.3) is 0 Å². The van der Waals surface area contributed by atoms with Gasteiger partial charge in [-0.2, -0.15) is 0 Å². The summed E-state index contributed by atoms with van der Waals surface area (Å²) < 4.78 is 5.52. The monoisotopic (exact) mass is 148 g/mol. The molecule has 1 aliphatic heterocycles. The Labute approximate surface area is 67.1 Å². The summed E-state index contributed by atoms with van der Waals surface area (Å²) in [6.07, 6.45) is 8.93. The molecular weight excluding hydrogens is 136 g/mol. The molecule has 1 heterocycles. The SMILES string of the molecule is CC1=CC2=CCCC=C2OC1. The lowest BCUT2D eigenvalue weighted by molar-refractivity contribution is 0.239. The van der Waals surface area contributed by atoms with Gasteiger partial charge >= 0.3 is 0 Å². The van der Waals surface area contributed by atoms with Gasteiger partial charge in [0.15, 0.2) is 0 Å². The molecule has 0 radical (unpaired) electrons. The zero-order valence-corrected chi connectivity index (χ0v) is 6.76. The number of hydrogen-bond acceptors (Lipinski definition) is 1. The van der Waals surface area contributed by atoms with Gasteiger partial charge in [0.1, 0.15) is 12.4 Å². The van der Waals surface area contributed by atoms with E-state index < -0.39 is 0 Å². The molecule has 0 bridgehead atoms. The second-order valence-electron chi connectivity index (χ2n) is 3.08. The first kappa shape index (κ1) is 6.71. The van der Waals surface area contributed by atoms with Crippen molar-refractivity contribution >= 4 is 0 Å². The Bertz CT molecular complexity index is 256. The van der Waals surface area contributed by atoms with Crippen molar-refractivity contribution in [1.82, 2.24) is 0 Å². The molecule has 1 aliphatic carbocycles. The number of allylic oxidation sites excluding steroid dienone is 3. The predicted octanol–water partition coefficient (Wildman–Crippen LogP) is 2.57. The van der Waals surface area contributed by atoms with Crippen molar-refractivity contribution < 1.29 is 4.74 Å². The summed E-state index contributed by atoms with van der Waals surface area (Å²) in [6, 6.07) is 0. The lowest BCUT2D eigenvalue weighted by Crippen LogP contribution is -2.07. The molecule has 2 aliphatic rings. The summed E-state index contributed by atoms with van der Waals surface area (Å²) in [7, 11) is 0. The lowest BCUT2D eigenvalue weighted by Gasteiger charge is -2.20. The Balaban J connectivity index is 2.34. The van der Waals surface area contributed by atoms with Crippen LogP contribution in [0.4, 0.5) is 0 Å². The number of ether oxygens (including phenoxy) is 1. The fraction of sp³-hybridized carbons (Fsp3) is 0.400. The van der Waals surface area contributed by atoms with Crippen LogP contribution in [0.25, 0.3) is 0 Å². The van der Waals surface area contributed by atoms with E-state index in [9.17, 15) is 0 Å². The van der Waals surface area contributed by atoms with E-state index >= 15 is 0 Å². The zero-order valence-electron chi connectivity index (χ0n) is 6.76. The van der Waals surface area contributed by atoms with Crippen LogP contribution in [0.2, 0.25) is 0 Å². The van der Waals surface area contributed by atoms with E-state index in [1.807, 2.05) is 0 Å². The van der Waals surface area contributed by atoms with Crippen LogP contribution in [0, 0.1) is 0 Å². The van der Waals surface area contributed by atoms with Crippen LogP contribution >= 0.6 is 0 Å². The van der Waals surface area contributed by atoms with Crippen molar-refractivity contribution in [2.45, 2.75) is 19.8 Å². The third kappa shape index (κ3) is 1.23. The number of fused-ring (bicyclic) bond motifs is 1. The summed E-state index contributed by atoms with van der Waals surface area (Å²) in [5.74, 6) is 1.09. The van der Waals surface area contributed by atoms with Gasteiger partial charge < -0.3 is 4.74 Å². The minimum absolute atomic E-state index is 0.767. The summed E-state index contributed by atoms with van der Waals surface area (Å²) in [6.45, 7) is 2.87. The van der Waals surface area contributed by atoms with E-state index in [-0.39, 0.29) is 0 Å². The van der Waals surface area contributed by atoms with E-state index in [1.165, 1.54) is 11.1 Å². The van der Waals surface area contributed by atoms with Gasteiger partial charge in [0.2, 0.25) is 0 Å². The molecule has 0 saturated heterocycles. The van der Waals surface area contributed by atoms with Crippen LogP contribution in [-0.4, -0.2) is 6.61 Å². The molecule has 0 saturated carbocycles. The largest absolute Gasteiger partial charge is 0.489 e. The highest BCUT2D eigenvalue weighted by molar-refractivity contribution is 5.42. The van der Waals surface area contributed by atoms with Gasteiger partial charge in [-0.1, -0.05) is 6.08 Å². The zero-order chi connectivity index (χ0) is 7.68. The molecule has 0 spiro atoms. The van der Waals surface area contributed by atoms with Crippen LogP contribution in [-0.2, 0) is 4.74 Å². The van der Waals surface area contributed by atoms with Crippen molar-refractivity contribution in [1.29, 1.82) is 0 Å². The summed E-state index contributed by atoms with van der Waals surface area (Å²) >= 11 is 0. The first-order chi connectivity index (χ1) is 5.36. The number of rotatable bonds is 0. The molecule has 0 atom stereocenters. The molecule has 0 amide bonds. The van der Waals surface area contributed by atoms with E-state index in [2.05, 4.69) is 25.2 Å². The lowest BCUT2D eigenvalue weighted by atomic mass is 10.0. The second kappa shape index (κ2) is 2.57. The van der Waals surface area contributed by atoms with Crippen molar-refractivity contribution in [2.24, 2.45) is 0 Å². The van der Waals surface area contributed by atoms with Gasteiger partial charge in [0.05, 0.1) is 0 Å². The normalized spacial score (nSPS) is 22.5. The maximum absolute atomic E-state index is 5.52. The third-order valence-electron chi connectivity index (χ3n) is 2.00. The van der Waals surface area contributed by atoms with Crippen molar-refractivity contribution in [2.75, 3.05) is 6.61 Å². The van der Waals surface area contributed by atoms with E-state index in [4.69, 9.17) is 4.74 Å². The molecule has 11 heavy (non-hydrogen) atoms. The fourth-order valence-electron chi connectivity index (χ4n) is 1.44. The van der Waals surface area contributed by atoms with Gasteiger partial charge in [-0.25, -0.2) is 0 Å². The van der Waals surface area contributed by atoms with Crippen molar-refractivity contribution in [3.05, 3.63) is 35.1 Å². The molecule has 1 nitrogen and oxygen atoms in total. The van der Waals surface area contributed by atoms with Crippen LogP contribution < -0.4 is 0 Å². The predicted molar refractivity (Wildman–Crippen MR) is 45.1 cm³/mol. The molecule has 1 heteroatoms. The highest BCUT2D eigenvalue weighted by Crippen LogP contribution is 2.26. The summed E-state index contributed by atoms with van der Waals surface area (Å²) in [5, 5.41) is 0. The topological polar surface area (TPSA) is 9.23 Å². The molecule has 0 aromatic rings. The minimum atomic E-state index is 0.767. The van der Waals surface area contributed by atoms with Crippen LogP contribution in [0.15, 0.2) is 35.1 Å². The Morgan fingerprint density at radius 2 is 2.09 bits per heavy atom. The van der Waals surface area contributed by atoms with Gasteiger partial charge in [-0.05, 0) is 37.5 Å². The Morgan fingerprint density at radius 3 is 3.00 bits per heavy atom. The van der Waals surface area contributed by atoms with E-state index in [0.29, 0.717) is 0 Å². The highest BCUT2D eigenvalue weighted by atomic mass is 16.5. The second-order valence-corrected chi connectivity index (χ2v) is 3.08. The van der Waals surface area contributed by atoms with Crippen LogP contribution in [0.1, 0.15) is 19.8 Å². The Hall–Kier alpha value is -0.980. The number of hydrogen-bond donors (Lipinski definition) is 0. The molecule has 0 fully saturated rings. The Kier molecular flexibility index (Phi) is 1.57. The van der Waals surface area contributed by atoms with E-state index in [0.717, 1.165) is 25.2 Å². The fourth-order valence-corrected chi connectivity index (χ4v) is 1.44. The molecule has 58 valence electrons. The third-order valence-corrected chi connectivity index (χ3v) is 2.00. The standard InChI is InChI=1S/C10H12O/c1-8-6-9-4-2-3-5-10(9)11-7-8/h4-6H,2-3,7H2,1H3. The van der Waals surface area contributed by atoms with Crippen LogP contribution in [0.3, 0.4) is 0 Å². The average molecular weight is 148 g/mol. The Morgan fingerprint density at radius 1 is 1.27 bits per heavy atom. The van der Waals surface area contributed by atoms with Gasteiger partial charge in [-0.15, -0.1) is 0 Å². The average Bonchev–Trinajstić information content (AvgIpc) is 2.04. The van der Waals surface area contributed by atoms with Crippen molar-refractivity contribution in [3.8, 4) is 0 Å². The molecular formula is C10H12O. The summed E-state index contributed by atoms with van der Waals surface area (Å²) in [5.41, 5.74) is 2.59. The quantitative estimate of drug-likeness (QED) is 0.513.